The van der Waals surface area contributed by atoms with Gasteiger partial charge in [-0.2, -0.15) is 0 Å². The first-order chi connectivity index (χ1) is 12.0. The number of halogens is 1. The van der Waals surface area contributed by atoms with Gasteiger partial charge in [-0.1, -0.05) is 41.9 Å². The van der Waals surface area contributed by atoms with Crippen LogP contribution in [0.3, 0.4) is 0 Å². The van der Waals surface area contributed by atoms with E-state index in [1.165, 1.54) is 0 Å². The number of carbonyl (C=O) groups is 1. The highest BCUT2D eigenvalue weighted by atomic mass is 35.5. The highest BCUT2D eigenvalue weighted by Crippen LogP contribution is 2.13. The molecule has 128 valence electrons. The molecule has 1 atom stereocenters. The lowest BCUT2D eigenvalue weighted by Gasteiger charge is -2.14. The van der Waals surface area contributed by atoms with Crippen molar-refractivity contribution in [1.82, 2.24) is 10.3 Å². The van der Waals surface area contributed by atoms with Crippen LogP contribution < -0.4 is 10.9 Å². The van der Waals surface area contributed by atoms with Gasteiger partial charge in [0.15, 0.2) is 0 Å². The number of H-pyrrole nitrogens is 1. The molecule has 0 aliphatic heterocycles. The van der Waals surface area contributed by atoms with E-state index in [1.54, 1.807) is 6.07 Å². The molecule has 4 nitrogen and oxygen atoms in total. The van der Waals surface area contributed by atoms with Crippen LogP contribution in [0, 0.1) is 0 Å². The summed E-state index contributed by atoms with van der Waals surface area (Å²) in [5.74, 6) is -0.171. The number of pyridine rings is 1. The number of fused-ring (bicyclic) bond motifs is 1. The van der Waals surface area contributed by atoms with E-state index < -0.39 is 0 Å². The number of para-hydroxylation sites is 1. The predicted molar refractivity (Wildman–Crippen MR) is 101 cm³/mol. The quantitative estimate of drug-likeness (QED) is 0.737. The van der Waals surface area contributed by atoms with Gasteiger partial charge in [-0.15, -0.1) is 0 Å². The summed E-state index contributed by atoms with van der Waals surface area (Å²) in [6, 6.07) is 16.8. The van der Waals surface area contributed by atoms with Crippen molar-refractivity contribution in [1.29, 1.82) is 0 Å². The topological polar surface area (TPSA) is 62.0 Å². The molecule has 1 aromatic heterocycles. The molecular weight excluding hydrogens is 336 g/mol. The van der Waals surface area contributed by atoms with Crippen molar-refractivity contribution in [2.75, 3.05) is 0 Å². The van der Waals surface area contributed by atoms with E-state index in [0.29, 0.717) is 17.0 Å². The number of benzene rings is 2. The summed E-state index contributed by atoms with van der Waals surface area (Å²) < 4.78 is 0. The summed E-state index contributed by atoms with van der Waals surface area (Å²) in [7, 11) is 0. The molecule has 1 amide bonds. The number of nitrogens with one attached hydrogen (secondary N) is 2. The molecule has 0 saturated heterocycles. The summed E-state index contributed by atoms with van der Waals surface area (Å²) in [6.07, 6.45) is 0.737. The molecule has 0 radical (unpaired) electrons. The molecular formula is C20H19ClN2O2. The third-order valence-electron chi connectivity index (χ3n) is 4.02. The Morgan fingerprint density at radius 1 is 1.16 bits per heavy atom. The van der Waals surface area contributed by atoms with Crippen molar-refractivity contribution in [2.24, 2.45) is 0 Å². The van der Waals surface area contributed by atoms with Crippen molar-refractivity contribution >= 4 is 28.4 Å². The summed E-state index contributed by atoms with van der Waals surface area (Å²) in [6.45, 7) is 1.93. The fourth-order valence-corrected chi connectivity index (χ4v) is 3.10. The highest BCUT2D eigenvalue weighted by molar-refractivity contribution is 6.30. The predicted octanol–water partition coefficient (Wildman–Crippen LogP) is 3.47. The van der Waals surface area contributed by atoms with Gasteiger partial charge >= 0.3 is 0 Å². The number of aromatic amines is 1. The number of carbonyl (C=O) groups excluding carboxylic acids is 1. The maximum atomic E-state index is 12.3. The molecule has 0 fully saturated rings. The first kappa shape index (κ1) is 17.2. The van der Waals surface area contributed by atoms with E-state index in [2.05, 4.69) is 10.3 Å². The Morgan fingerprint density at radius 3 is 2.76 bits per heavy atom. The standard InChI is InChI=1S/C20H19ClN2O2/c1-13(9-14-5-4-7-17(21)10-14)22-19(24)12-16-11-15-6-2-3-8-18(15)23-20(16)25/h2-8,10-11,13H,9,12H2,1H3,(H,22,24)(H,23,25). The maximum Gasteiger partial charge on any atom is 0.252 e. The van der Waals surface area contributed by atoms with Gasteiger partial charge in [-0.3, -0.25) is 9.59 Å². The second-order valence-corrected chi connectivity index (χ2v) is 6.63. The molecule has 3 aromatic rings. The van der Waals surface area contributed by atoms with Gasteiger partial charge in [0.25, 0.3) is 5.56 Å². The Balaban J connectivity index is 1.66. The second-order valence-electron chi connectivity index (χ2n) is 6.19. The van der Waals surface area contributed by atoms with Gasteiger partial charge in [-0.05, 0) is 48.6 Å². The Hall–Kier alpha value is -2.59. The van der Waals surface area contributed by atoms with Crippen LogP contribution in [0.2, 0.25) is 5.02 Å². The van der Waals surface area contributed by atoms with Crippen LogP contribution in [0.25, 0.3) is 10.9 Å². The zero-order chi connectivity index (χ0) is 17.8. The SMILES string of the molecule is CC(Cc1cccc(Cl)c1)NC(=O)Cc1cc2ccccc2[nH]c1=O. The Labute approximate surface area is 150 Å². The van der Waals surface area contributed by atoms with Crippen LogP contribution in [0.5, 0.6) is 0 Å². The van der Waals surface area contributed by atoms with Gasteiger partial charge in [0.1, 0.15) is 0 Å². The lowest BCUT2D eigenvalue weighted by atomic mass is 10.1. The lowest BCUT2D eigenvalue weighted by molar-refractivity contribution is -0.121. The summed E-state index contributed by atoms with van der Waals surface area (Å²) >= 11 is 5.98. The van der Waals surface area contributed by atoms with Crippen LogP contribution in [-0.2, 0) is 17.6 Å². The number of rotatable bonds is 5. The van der Waals surface area contributed by atoms with Crippen molar-refractivity contribution in [2.45, 2.75) is 25.8 Å². The van der Waals surface area contributed by atoms with E-state index >= 15 is 0 Å². The van der Waals surface area contributed by atoms with E-state index in [-0.39, 0.29) is 23.9 Å². The minimum Gasteiger partial charge on any atom is -0.353 e. The van der Waals surface area contributed by atoms with Gasteiger partial charge in [0.05, 0.1) is 6.42 Å². The largest absolute Gasteiger partial charge is 0.353 e. The minimum absolute atomic E-state index is 0.0505. The molecule has 0 saturated carbocycles. The number of aromatic nitrogens is 1. The molecule has 1 heterocycles. The fourth-order valence-electron chi connectivity index (χ4n) is 2.89. The Morgan fingerprint density at radius 2 is 1.96 bits per heavy atom. The van der Waals surface area contributed by atoms with Crippen molar-refractivity contribution < 1.29 is 4.79 Å². The Kier molecular flexibility index (Phi) is 5.19. The third-order valence-corrected chi connectivity index (χ3v) is 4.25. The molecule has 2 N–H and O–H groups in total. The van der Waals surface area contributed by atoms with E-state index in [0.717, 1.165) is 16.5 Å². The van der Waals surface area contributed by atoms with Crippen LogP contribution >= 0.6 is 11.6 Å². The fraction of sp³-hybridized carbons (Fsp3) is 0.200. The van der Waals surface area contributed by atoms with Gasteiger partial charge in [-0.25, -0.2) is 0 Å². The number of hydrogen-bond donors (Lipinski definition) is 2. The molecule has 1 unspecified atom stereocenters. The molecule has 5 heteroatoms. The molecule has 3 rings (SSSR count). The first-order valence-corrected chi connectivity index (χ1v) is 8.54. The minimum atomic E-state index is -0.226. The van der Waals surface area contributed by atoms with E-state index in [9.17, 15) is 9.59 Å². The third kappa shape index (κ3) is 4.48. The van der Waals surface area contributed by atoms with Gasteiger partial charge < -0.3 is 10.3 Å². The Bertz CT molecular complexity index is 965. The van der Waals surface area contributed by atoms with Crippen molar-refractivity contribution in [3.63, 3.8) is 0 Å². The molecule has 0 aliphatic carbocycles. The molecule has 0 aliphatic rings. The summed E-state index contributed by atoms with van der Waals surface area (Å²) in [5, 5.41) is 4.53. The number of hydrogen-bond acceptors (Lipinski definition) is 2. The highest BCUT2D eigenvalue weighted by Gasteiger charge is 2.12. The van der Waals surface area contributed by atoms with Crippen LogP contribution in [0.4, 0.5) is 0 Å². The normalized spacial score (nSPS) is 12.1. The maximum absolute atomic E-state index is 12.3. The zero-order valence-corrected chi connectivity index (χ0v) is 14.6. The van der Waals surface area contributed by atoms with Crippen molar-refractivity contribution in [3.05, 3.63) is 81.1 Å². The average molecular weight is 355 g/mol. The molecule has 2 aromatic carbocycles. The molecule has 25 heavy (non-hydrogen) atoms. The monoisotopic (exact) mass is 354 g/mol. The van der Waals surface area contributed by atoms with Crippen LogP contribution in [-0.4, -0.2) is 16.9 Å². The summed E-state index contributed by atoms with van der Waals surface area (Å²) in [5.41, 5.74) is 2.07. The van der Waals surface area contributed by atoms with E-state index in [1.807, 2.05) is 55.5 Å². The second kappa shape index (κ2) is 7.53. The first-order valence-electron chi connectivity index (χ1n) is 8.16. The van der Waals surface area contributed by atoms with Crippen molar-refractivity contribution in [3.8, 4) is 0 Å². The van der Waals surface area contributed by atoms with Gasteiger partial charge in [0, 0.05) is 22.1 Å². The average Bonchev–Trinajstić information content (AvgIpc) is 2.55. The molecule has 0 bridgehead atoms. The summed E-state index contributed by atoms with van der Waals surface area (Å²) in [4.78, 5) is 27.2. The van der Waals surface area contributed by atoms with Crippen LogP contribution in [0.1, 0.15) is 18.1 Å². The van der Waals surface area contributed by atoms with Gasteiger partial charge in [0.2, 0.25) is 5.91 Å². The lowest BCUT2D eigenvalue weighted by Crippen LogP contribution is -2.36. The van der Waals surface area contributed by atoms with E-state index in [4.69, 9.17) is 11.6 Å². The number of amides is 1. The molecule has 0 spiro atoms. The smallest absolute Gasteiger partial charge is 0.252 e. The van der Waals surface area contributed by atoms with Crippen LogP contribution in [0.15, 0.2) is 59.4 Å². The zero-order valence-electron chi connectivity index (χ0n) is 13.9.